The Hall–Kier alpha value is -1.91. The number of hydrogen-bond donors (Lipinski definition) is 3. The van der Waals surface area contributed by atoms with Crippen molar-refractivity contribution in [3.05, 3.63) is 16.7 Å². The highest BCUT2D eigenvalue weighted by Crippen LogP contribution is 2.38. The number of benzene rings is 1. The minimum Gasteiger partial charge on any atom is -0.505 e. The molecule has 0 spiro atoms. The second-order valence-corrected chi connectivity index (χ2v) is 3.23. The fourth-order valence-electron chi connectivity index (χ4n) is 1.57. The van der Waals surface area contributed by atoms with Gasteiger partial charge in [-0.15, -0.1) is 0 Å². The maximum atomic E-state index is 10.9. The highest BCUT2D eigenvalue weighted by molar-refractivity contribution is 5.96. The Kier molecular flexibility index (Phi) is 2.74. The molecule has 5 heteroatoms. The summed E-state index contributed by atoms with van der Waals surface area (Å²) < 4.78 is 5.05. The number of rotatable bonds is 2. The lowest BCUT2D eigenvalue weighted by atomic mass is 10.0. The fourth-order valence-corrected chi connectivity index (χ4v) is 1.57. The summed E-state index contributed by atoms with van der Waals surface area (Å²) in [5.74, 6) is -1.24. The van der Waals surface area contributed by atoms with Gasteiger partial charge in [-0.2, -0.15) is 0 Å². The number of ether oxygens (including phenoxy) is 1. The molecule has 0 bridgehead atoms. The molecule has 0 aromatic heterocycles. The summed E-state index contributed by atoms with van der Waals surface area (Å²) in [5.41, 5.74) is 6.31. The number of phenols is 1. The lowest BCUT2D eigenvalue weighted by molar-refractivity contribution is 0.0692. The molecule has 0 aliphatic heterocycles. The molecule has 5 nitrogen and oxygen atoms in total. The minimum atomic E-state index is -1.23. The topological polar surface area (TPSA) is 92.8 Å². The van der Waals surface area contributed by atoms with Crippen molar-refractivity contribution in [3.8, 4) is 11.5 Å². The summed E-state index contributed by atoms with van der Waals surface area (Å²) >= 11 is 0. The first kappa shape index (κ1) is 11.2. The summed E-state index contributed by atoms with van der Waals surface area (Å²) in [4.78, 5) is 10.9. The third kappa shape index (κ3) is 1.56. The average molecular weight is 211 g/mol. The van der Waals surface area contributed by atoms with E-state index in [0.29, 0.717) is 16.9 Å². The predicted molar refractivity (Wildman–Crippen MR) is 55.5 cm³/mol. The van der Waals surface area contributed by atoms with Crippen molar-refractivity contribution in [2.75, 3.05) is 12.8 Å². The van der Waals surface area contributed by atoms with Gasteiger partial charge in [-0.3, -0.25) is 0 Å². The zero-order chi connectivity index (χ0) is 11.7. The smallest absolute Gasteiger partial charge is 0.339 e. The van der Waals surface area contributed by atoms with Crippen LogP contribution in [0.3, 0.4) is 0 Å². The summed E-state index contributed by atoms with van der Waals surface area (Å²) in [6, 6.07) is 0. The van der Waals surface area contributed by atoms with Crippen LogP contribution in [0.5, 0.6) is 11.5 Å². The number of carboxylic acid groups (broad SMARTS) is 1. The number of anilines is 1. The second kappa shape index (κ2) is 3.68. The Bertz CT molecular complexity index is 426. The molecule has 15 heavy (non-hydrogen) atoms. The van der Waals surface area contributed by atoms with E-state index < -0.39 is 11.7 Å². The number of nitrogens with two attached hydrogens (primary N) is 1. The van der Waals surface area contributed by atoms with E-state index in [-0.39, 0.29) is 11.3 Å². The molecule has 1 aromatic carbocycles. The highest BCUT2D eigenvalue weighted by atomic mass is 16.5. The molecule has 1 rings (SSSR count). The summed E-state index contributed by atoms with van der Waals surface area (Å²) in [6.07, 6.45) is 0. The van der Waals surface area contributed by atoms with Crippen LogP contribution in [0.4, 0.5) is 5.69 Å². The molecule has 0 aliphatic rings. The van der Waals surface area contributed by atoms with Crippen molar-refractivity contribution in [1.82, 2.24) is 0 Å². The van der Waals surface area contributed by atoms with Crippen LogP contribution in [0, 0.1) is 13.8 Å². The van der Waals surface area contributed by atoms with Crippen LogP contribution >= 0.6 is 0 Å². The number of hydrogen-bond acceptors (Lipinski definition) is 4. The van der Waals surface area contributed by atoms with E-state index in [0.717, 1.165) is 0 Å². The van der Waals surface area contributed by atoms with Crippen LogP contribution < -0.4 is 10.5 Å². The Labute approximate surface area is 87.1 Å². The molecule has 0 atom stereocenters. The number of methoxy groups -OCH3 is 1. The standard InChI is InChI=1S/C10H13NO4/c1-4-6(10(13)14)8(12)7(11)5(2)9(4)15-3/h12H,11H2,1-3H3,(H,13,14). The van der Waals surface area contributed by atoms with Crippen LogP contribution in [0.15, 0.2) is 0 Å². The van der Waals surface area contributed by atoms with Gasteiger partial charge in [-0.05, 0) is 13.8 Å². The van der Waals surface area contributed by atoms with Crippen molar-refractivity contribution in [2.45, 2.75) is 13.8 Å². The van der Waals surface area contributed by atoms with Gasteiger partial charge in [0.15, 0.2) is 5.75 Å². The Morgan fingerprint density at radius 2 is 1.87 bits per heavy atom. The van der Waals surface area contributed by atoms with Crippen LogP contribution in [-0.4, -0.2) is 23.3 Å². The van der Waals surface area contributed by atoms with E-state index in [1.54, 1.807) is 13.8 Å². The first-order valence-corrected chi connectivity index (χ1v) is 4.30. The zero-order valence-electron chi connectivity index (χ0n) is 8.79. The quantitative estimate of drug-likeness (QED) is 0.506. The van der Waals surface area contributed by atoms with E-state index in [1.165, 1.54) is 7.11 Å². The maximum absolute atomic E-state index is 10.9. The fraction of sp³-hybridized carbons (Fsp3) is 0.300. The molecular formula is C10H13NO4. The molecule has 0 unspecified atom stereocenters. The second-order valence-electron chi connectivity index (χ2n) is 3.23. The zero-order valence-corrected chi connectivity index (χ0v) is 8.79. The van der Waals surface area contributed by atoms with Crippen LogP contribution in [0.1, 0.15) is 21.5 Å². The SMILES string of the molecule is COc1c(C)c(N)c(O)c(C(=O)O)c1C. The molecule has 1 aromatic rings. The monoisotopic (exact) mass is 211 g/mol. The number of nitrogen functional groups attached to an aromatic ring is 1. The molecule has 0 saturated heterocycles. The average Bonchev–Trinajstić information content (AvgIpc) is 2.15. The number of aromatic hydroxyl groups is 1. The van der Waals surface area contributed by atoms with E-state index in [9.17, 15) is 9.90 Å². The molecule has 0 amide bonds. The number of carboxylic acids is 1. The van der Waals surface area contributed by atoms with Gasteiger partial charge in [0, 0.05) is 11.1 Å². The van der Waals surface area contributed by atoms with Gasteiger partial charge in [0.1, 0.15) is 11.3 Å². The molecule has 0 fully saturated rings. The van der Waals surface area contributed by atoms with Gasteiger partial charge >= 0.3 is 5.97 Å². The van der Waals surface area contributed by atoms with Gasteiger partial charge in [0.2, 0.25) is 0 Å². The van der Waals surface area contributed by atoms with Gasteiger partial charge < -0.3 is 20.7 Å². The molecule has 0 aliphatic carbocycles. The van der Waals surface area contributed by atoms with Crippen LogP contribution in [0.2, 0.25) is 0 Å². The van der Waals surface area contributed by atoms with Gasteiger partial charge in [0.05, 0.1) is 12.8 Å². The first-order chi connectivity index (χ1) is 6.91. The van der Waals surface area contributed by atoms with Gasteiger partial charge in [-0.1, -0.05) is 0 Å². The van der Waals surface area contributed by atoms with E-state index in [1.807, 2.05) is 0 Å². The molecule has 0 radical (unpaired) electrons. The minimum absolute atomic E-state index is 0.0369. The van der Waals surface area contributed by atoms with Crippen molar-refractivity contribution in [3.63, 3.8) is 0 Å². The van der Waals surface area contributed by atoms with Crippen molar-refractivity contribution in [2.24, 2.45) is 0 Å². The predicted octanol–water partition coefficient (Wildman–Crippen LogP) is 1.30. The van der Waals surface area contributed by atoms with E-state index in [2.05, 4.69) is 0 Å². The summed E-state index contributed by atoms with van der Waals surface area (Å²) in [7, 11) is 1.43. The molecule has 0 heterocycles. The summed E-state index contributed by atoms with van der Waals surface area (Å²) in [5, 5.41) is 18.5. The molecular weight excluding hydrogens is 198 g/mol. The van der Waals surface area contributed by atoms with Crippen molar-refractivity contribution in [1.29, 1.82) is 0 Å². The van der Waals surface area contributed by atoms with Crippen molar-refractivity contribution < 1.29 is 19.7 Å². The van der Waals surface area contributed by atoms with Gasteiger partial charge in [-0.25, -0.2) is 4.79 Å². The first-order valence-electron chi connectivity index (χ1n) is 4.30. The largest absolute Gasteiger partial charge is 0.505 e. The summed E-state index contributed by atoms with van der Waals surface area (Å²) in [6.45, 7) is 3.22. The number of carbonyl (C=O) groups is 1. The van der Waals surface area contributed by atoms with Crippen molar-refractivity contribution >= 4 is 11.7 Å². The lowest BCUT2D eigenvalue weighted by Gasteiger charge is -2.15. The highest BCUT2D eigenvalue weighted by Gasteiger charge is 2.22. The van der Waals surface area contributed by atoms with E-state index >= 15 is 0 Å². The Morgan fingerprint density at radius 1 is 1.33 bits per heavy atom. The Morgan fingerprint density at radius 3 is 2.27 bits per heavy atom. The Balaban J connectivity index is 3.68. The van der Waals surface area contributed by atoms with Gasteiger partial charge in [0.25, 0.3) is 0 Å². The third-order valence-electron chi connectivity index (χ3n) is 2.37. The maximum Gasteiger partial charge on any atom is 0.339 e. The molecule has 0 saturated carbocycles. The molecule has 82 valence electrons. The lowest BCUT2D eigenvalue weighted by Crippen LogP contribution is -2.06. The third-order valence-corrected chi connectivity index (χ3v) is 2.37. The van der Waals surface area contributed by atoms with E-state index in [4.69, 9.17) is 15.6 Å². The van der Waals surface area contributed by atoms with Crippen LogP contribution in [0.25, 0.3) is 0 Å². The molecule has 4 N–H and O–H groups in total. The van der Waals surface area contributed by atoms with Crippen LogP contribution in [-0.2, 0) is 0 Å². The normalized spacial score (nSPS) is 10.1. The number of aromatic carboxylic acids is 1.